The molecule has 21 heavy (non-hydrogen) atoms. The fourth-order valence-electron chi connectivity index (χ4n) is 1.92. The van der Waals surface area contributed by atoms with Gasteiger partial charge in [0.1, 0.15) is 5.75 Å². The van der Waals surface area contributed by atoms with Gasteiger partial charge >= 0.3 is 0 Å². The van der Waals surface area contributed by atoms with Crippen molar-refractivity contribution in [2.45, 2.75) is 6.92 Å². The number of nitrogen functional groups attached to an aromatic ring is 1. The molecular weight excluding hydrogens is 268 g/mol. The van der Waals surface area contributed by atoms with Crippen LogP contribution in [0, 0.1) is 18.3 Å². The second-order valence-electron chi connectivity index (χ2n) is 4.43. The fourth-order valence-corrected chi connectivity index (χ4v) is 1.92. The summed E-state index contributed by atoms with van der Waals surface area (Å²) >= 11 is 0. The molecule has 0 amide bonds. The number of nitrogens with zero attached hydrogens (tertiary/aromatic N) is 4. The lowest BCUT2D eigenvalue weighted by Crippen LogP contribution is -2.10. The summed E-state index contributed by atoms with van der Waals surface area (Å²) in [6.45, 7) is 1.89. The van der Waals surface area contributed by atoms with E-state index in [4.69, 9.17) is 15.8 Å². The topological polar surface area (TPSA) is 101 Å². The molecule has 2 aromatic heterocycles. The Labute approximate surface area is 120 Å². The molecule has 7 nitrogen and oxygen atoms in total. The molecule has 0 unspecified atom stereocenters. The van der Waals surface area contributed by atoms with Crippen molar-refractivity contribution in [2.24, 2.45) is 5.84 Å². The Bertz CT molecular complexity index is 848. The van der Waals surface area contributed by atoms with Crippen LogP contribution in [0.1, 0.15) is 11.1 Å². The van der Waals surface area contributed by atoms with Crippen LogP contribution in [0.2, 0.25) is 0 Å². The van der Waals surface area contributed by atoms with E-state index in [1.165, 1.54) is 0 Å². The lowest BCUT2D eigenvalue weighted by molar-refractivity contribution is 0.462. The van der Waals surface area contributed by atoms with Crippen LogP contribution in [0.15, 0.2) is 36.8 Å². The largest absolute Gasteiger partial charge is 0.436 e. The minimum atomic E-state index is 0.314. The van der Waals surface area contributed by atoms with E-state index in [-0.39, 0.29) is 0 Å². The van der Waals surface area contributed by atoms with E-state index in [2.05, 4.69) is 21.5 Å². The number of hydrogen-bond acceptors (Lipinski definition) is 6. The Kier molecular flexibility index (Phi) is 3.14. The highest BCUT2D eigenvalue weighted by molar-refractivity contribution is 5.55. The zero-order chi connectivity index (χ0) is 14.8. The van der Waals surface area contributed by atoms with Gasteiger partial charge in [0.25, 0.3) is 5.88 Å². The lowest BCUT2D eigenvalue weighted by Gasteiger charge is -2.10. The van der Waals surface area contributed by atoms with Crippen LogP contribution in [-0.2, 0) is 0 Å². The van der Waals surface area contributed by atoms with Gasteiger partial charge < -0.3 is 10.2 Å². The summed E-state index contributed by atoms with van der Waals surface area (Å²) < 4.78 is 7.58. The first-order valence-corrected chi connectivity index (χ1v) is 6.20. The number of anilines is 1. The van der Waals surface area contributed by atoms with Crippen LogP contribution in [0.25, 0.3) is 5.65 Å². The van der Waals surface area contributed by atoms with Crippen LogP contribution in [-0.4, -0.2) is 14.4 Å². The van der Waals surface area contributed by atoms with Gasteiger partial charge in [-0.05, 0) is 24.6 Å². The van der Waals surface area contributed by atoms with Crippen LogP contribution >= 0.6 is 0 Å². The molecule has 0 fully saturated rings. The molecule has 0 bridgehead atoms. The highest BCUT2D eigenvalue weighted by atomic mass is 16.5. The summed E-state index contributed by atoms with van der Waals surface area (Å²) in [5.74, 6) is 6.72. The van der Waals surface area contributed by atoms with Crippen molar-refractivity contribution in [3.63, 3.8) is 0 Å². The molecule has 0 aliphatic carbocycles. The monoisotopic (exact) mass is 280 g/mol. The van der Waals surface area contributed by atoms with Crippen LogP contribution < -0.4 is 16.0 Å². The van der Waals surface area contributed by atoms with Crippen molar-refractivity contribution in [3.05, 3.63) is 47.9 Å². The Hall–Kier alpha value is -3.11. The second-order valence-corrected chi connectivity index (χ2v) is 4.43. The summed E-state index contributed by atoms with van der Waals surface area (Å²) in [5, 5.41) is 8.98. The van der Waals surface area contributed by atoms with Gasteiger partial charge in [0, 0.05) is 12.4 Å². The molecule has 3 rings (SSSR count). The number of fused-ring (bicyclic) bond motifs is 1. The van der Waals surface area contributed by atoms with E-state index in [0.29, 0.717) is 28.7 Å². The smallest absolute Gasteiger partial charge is 0.265 e. The number of benzene rings is 1. The summed E-state index contributed by atoms with van der Waals surface area (Å²) in [6, 6.07) is 7.30. The van der Waals surface area contributed by atoms with Gasteiger partial charge in [0.05, 0.1) is 17.8 Å². The molecule has 0 aliphatic heterocycles. The van der Waals surface area contributed by atoms with Crippen molar-refractivity contribution < 1.29 is 4.74 Å². The zero-order valence-electron chi connectivity index (χ0n) is 11.2. The number of imidazole rings is 1. The lowest BCUT2D eigenvalue weighted by atomic mass is 10.1. The summed E-state index contributed by atoms with van der Waals surface area (Å²) in [6.07, 6.45) is 5.11. The van der Waals surface area contributed by atoms with Crippen LogP contribution in [0.5, 0.6) is 11.6 Å². The predicted octanol–water partition coefficient (Wildman–Crippen LogP) is 1.99. The number of hydrazine groups is 1. The van der Waals surface area contributed by atoms with Crippen molar-refractivity contribution in [1.82, 2.24) is 14.4 Å². The maximum atomic E-state index is 8.98. The molecule has 3 N–H and O–H groups in total. The SMILES string of the molecule is Cc1ccc(C#N)cc1Oc1nc(NN)cn2ccnc12. The number of hydrogen-bond donors (Lipinski definition) is 2. The molecule has 0 saturated carbocycles. The van der Waals surface area contributed by atoms with Gasteiger partial charge in [-0.2, -0.15) is 10.2 Å². The number of aromatic nitrogens is 3. The number of aryl methyl sites for hydroxylation is 1. The van der Waals surface area contributed by atoms with Gasteiger partial charge in [-0.15, -0.1) is 0 Å². The molecule has 1 aromatic carbocycles. The third-order valence-electron chi connectivity index (χ3n) is 3.02. The molecule has 104 valence electrons. The number of nitrogens with two attached hydrogens (primary N) is 1. The maximum Gasteiger partial charge on any atom is 0.265 e. The van der Waals surface area contributed by atoms with Gasteiger partial charge in [-0.25, -0.2) is 10.8 Å². The van der Waals surface area contributed by atoms with E-state index >= 15 is 0 Å². The van der Waals surface area contributed by atoms with Gasteiger partial charge in [0.2, 0.25) is 5.65 Å². The Morgan fingerprint density at radius 1 is 1.43 bits per heavy atom. The first-order valence-electron chi connectivity index (χ1n) is 6.20. The molecule has 0 atom stereocenters. The van der Waals surface area contributed by atoms with E-state index in [1.54, 1.807) is 35.1 Å². The molecule has 0 aliphatic rings. The van der Waals surface area contributed by atoms with Crippen LogP contribution in [0.4, 0.5) is 5.82 Å². The maximum absolute atomic E-state index is 8.98. The molecule has 3 aromatic rings. The third kappa shape index (κ3) is 2.35. The predicted molar refractivity (Wildman–Crippen MR) is 76.8 cm³/mol. The number of nitriles is 1. The molecule has 2 heterocycles. The van der Waals surface area contributed by atoms with E-state index in [1.807, 2.05) is 13.0 Å². The Morgan fingerprint density at radius 2 is 2.29 bits per heavy atom. The number of nitrogens with one attached hydrogen (secondary N) is 1. The van der Waals surface area contributed by atoms with E-state index < -0.39 is 0 Å². The normalized spacial score (nSPS) is 10.3. The van der Waals surface area contributed by atoms with Gasteiger partial charge in [0.15, 0.2) is 5.82 Å². The molecule has 7 heteroatoms. The first-order chi connectivity index (χ1) is 10.2. The first kappa shape index (κ1) is 12.9. The van der Waals surface area contributed by atoms with Crippen molar-refractivity contribution in [3.8, 4) is 17.7 Å². The zero-order valence-corrected chi connectivity index (χ0v) is 11.2. The quantitative estimate of drug-likeness (QED) is 0.562. The Balaban J connectivity index is 2.09. The standard InChI is InChI=1S/C14H12N6O/c1-9-2-3-10(7-15)6-11(9)21-14-13-17-4-5-20(13)8-12(18-14)19-16/h2-6,8,19H,16H2,1H3. The summed E-state index contributed by atoms with van der Waals surface area (Å²) in [7, 11) is 0. The molecule has 0 saturated heterocycles. The van der Waals surface area contributed by atoms with Crippen molar-refractivity contribution in [2.75, 3.05) is 5.43 Å². The average Bonchev–Trinajstić information content (AvgIpc) is 2.98. The Morgan fingerprint density at radius 3 is 3.05 bits per heavy atom. The van der Waals surface area contributed by atoms with E-state index in [0.717, 1.165) is 5.56 Å². The highest BCUT2D eigenvalue weighted by Crippen LogP contribution is 2.28. The van der Waals surface area contributed by atoms with Crippen molar-refractivity contribution in [1.29, 1.82) is 5.26 Å². The number of ether oxygens (including phenoxy) is 1. The van der Waals surface area contributed by atoms with E-state index in [9.17, 15) is 0 Å². The summed E-state index contributed by atoms with van der Waals surface area (Å²) in [4.78, 5) is 8.46. The minimum absolute atomic E-state index is 0.314. The minimum Gasteiger partial charge on any atom is -0.436 e. The second kappa shape index (κ2) is 5.11. The third-order valence-corrected chi connectivity index (χ3v) is 3.02. The van der Waals surface area contributed by atoms with Crippen LogP contribution in [0.3, 0.4) is 0 Å². The summed E-state index contributed by atoms with van der Waals surface area (Å²) in [5.41, 5.74) is 4.46. The number of rotatable bonds is 3. The molecular formula is C14H12N6O. The molecule has 0 spiro atoms. The average molecular weight is 280 g/mol. The van der Waals surface area contributed by atoms with Crippen molar-refractivity contribution >= 4 is 11.5 Å². The fraction of sp³-hybridized carbons (Fsp3) is 0.0714. The highest BCUT2D eigenvalue weighted by Gasteiger charge is 2.11. The van der Waals surface area contributed by atoms with Gasteiger partial charge in [-0.1, -0.05) is 6.07 Å². The molecule has 0 radical (unpaired) electrons. The van der Waals surface area contributed by atoms with Gasteiger partial charge in [-0.3, -0.25) is 4.40 Å².